The SMILES string of the molecule is Cc1c(Cl)cccc1-c1cccc(CN)c1. The average Bonchev–Trinajstić information content (AvgIpc) is 2.33. The zero-order valence-electron chi connectivity index (χ0n) is 9.20. The van der Waals surface area contributed by atoms with Crippen molar-refractivity contribution in [2.45, 2.75) is 13.5 Å². The van der Waals surface area contributed by atoms with Gasteiger partial charge in [-0.15, -0.1) is 0 Å². The summed E-state index contributed by atoms with van der Waals surface area (Å²) >= 11 is 6.11. The Balaban J connectivity index is 2.54. The quantitative estimate of drug-likeness (QED) is 0.837. The molecule has 1 nitrogen and oxygen atoms in total. The van der Waals surface area contributed by atoms with Crippen LogP contribution in [0.4, 0.5) is 0 Å². The highest BCUT2D eigenvalue weighted by Crippen LogP contribution is 2.28. The molecule has 2 N–H and O–H groups in total. The van der Waals surface area contributed by atoms with Crippen molar-refractivity contribution in [2.75, 3.05) is 0 Å². The number of rotatable bonds is 2. The number of hydrogen-bond donors (Lipinski definition) is 1. The predicted octanol–water partition coefficient (Wildman–Crippen LogP) is 3.77. The van der Waals surface area contributed by atoms with Crippen LogP contribution in [0.2, 0.25) is 5.02 Å². The summed E-state index contributed by atoms with van der Waals surface area (Å²) in [5.41, 5.74) is 10.2. The van der Waals surface area contributed by atoms with Crippen LogP contribution >= 0.6 is 11.6 Å². The molecule has 2 heteroatoms. The Labute approximate surface area is 101 Å². The van der Waals surface area contributed by atoms with Gasteiger partial charge in [-0.3, -0.25) is 0 Å². The van der Waals surface area contributed by atoms with E-state index in [1.807, 2.05) is 31.2 Å². The molecule has 0 saturated heterocycles. The van der Waals surface area contributed by atoms with Gasteiger partial charge in [0.2, 0.25) is 0 Å². The molecule has 2 rings (SSSR count). The summed E-state index contributed by atoms with van der Waals surface area (Å²) < 4.78 is 0. The van der Waals surface area contributed by atoms with Crippen molar-refractivity contribution in [3.8, 4) is 11.1 Å². The van der Waals surface area contributed by atoms with Crippen LogP contribution in [0, 0.1) is 6.92 Å². The van der Waals surface area contributed by atoms with Crippen LogP contribution in [0.5, 0.6) is 0 Å². The Hall–Kier alpha value is -1.31. The van der Waals surface area contributed by atoms with Gasteiger partial charge in [-0.2, -0.15) is 0 Å². The fourth-order valence-corrected chi connectivity index (χ4v) is 1.96. The van der Waals surface area contributed by atoms with Crippen LogP contribution in [-0.2, 0) is 6.54 Å². The Morgan fingerprint density at radius 3 is 2.62 bits per heavy atom. The highest BCUT2D eigenvalue weighted by atomic mass is 35.5. The van der Waals surface area contributed by atoms with Crippen LogP contribution < -0.4 is 5.73 Å². The lowest BCUT2D eigenvalue weighted by molar-refractivity contribution is 1.07. The maximum atomic E-state index is 6.11. The van der Waals surface area contributed by atoms with Crippen molar-refractivity contribution in [1.82, 2.24) is 0 Å². The molecule has 0 fully saturated rings. The van der Waals surface area contributed by atoms with E-state index in [9.17, 15) is 0 Å². The molecule has 0 aliphatic rings. The minimum absolute atomic E-state index is 0.563. The zero-order chi connectivity index (χ0) is 11.5. The Kier molecular flexibility index (Phi) is 3.28. The maximum absolute atomic E-state index is 6.11. The Bertz CT molecular complexity index is 506. The molecule has 0 unspecified atom stereocenters. The molecular weight excluding hydrogens is 218 g/mol. The molecule has 0 spiro atoms. The lowest BCUT2D eigenvalue weighted by Crippen LogP contribution is -1.96. The van der Waals surface area contributed by atoms with E-state index in [1.54, 1.807) is 0 Å². The number of nitrogens with two attached hydrogens (primary N) is 1. The second-order valence-corrected chi connectivity index (χ2v) is 4.22. The first-order chi connectivity index (χ1) is 7.72. The van der Waals surface area contributed by atoms with E-state index in [-0.39, 0.29) is 0 Å². The lowest BCUT2D eigenvalue weighted by atomic mass is 9.99. The standard InChI is InChI=1S/C14H14ClN/c1-10-13(6-3-7-14(10)15)12-5-2-4-11(8-12)9-16/h2-8H,9,16H2,1H3. The number of hydrogen-bond acceptors (Lipinski definition) is 1. The zero-order valence-corrected chi connectivity index (χ0v) is 9.96. The minimum Gasteiger partial charge on any atom is -0.326 e. The van der Waals surface area contributed by atoms with Crippen LogP contribution in [0.15, 0.2) is 42.5 Å². The Morgan fingerprint density at radius 2 is 1.88 bits per heavy atom. The molecule has 0 heterocycles. The third-order valence-corrected chi connectivity index (χ3v) is 3.15. The van der Waals surface area contributed by atoms with Crippen LogP contribution in [0.25, 0.3) is 11.1 Å². The first kappa shape index (κ1) is 11.2. The third kappa shape index (κ3) is 2.11. The van der Waals surface area contributed by atoms with Crippen LogP contribution in [0.3, 0.4) is 0 Å². The summed E-state index contributed by atoms with van der Waals surface area (Å²) in [6.45, 7) is 2.60. The summed E-state index contributed by atoms with van der Waals surface area (Å²) in [6, 6.07) is 14.2. The van der Waals surface area contributed by atoms with Crippen LogP contribution in [0.1, 0.15) is 11.1 Å². The summed E-state index contributed by atoms with van der Waals surface area (Å²) in [4.78, 5) is 0. The molecule has 16 heavy (non-hydrogen) atoms. The van der Waals surface area contributed by atoms with Crippen molar-refractivity contribution >= 4 is 11.6 Å². The molecule has 82 valence electrons. The van der Waals surface area contributed by atoms with Gasteiger partial charge in [0, 0.05) is 11.6 Å². The summed E-state index contributed by atoms with van der Waals surface area (Å²) in [7, 11) is 0. The van der Waals surface area contributed by atoms with Gasteiger partial charge in [0.05, 0.1) is 0 Å². The van der Waals surface area contributed by atoms with Crippen molar-refractivity contribution in [3.05, 3.63) is 58.6 Å². The van der Waals surface area contributed by atoms with Gasteiger partial charge < -0.3 is 5.73 Å². The van der Waals surface area contributed by atoms with Crippen LogP contribution in [-0.4, -0.2) is 0 Å². The van der Waals surface area contributed by atoms with E-state index in [0.717, 1.165) is 16.1 Å². The number of halogens is 1. The molecule has 0 saturated carbocycles. The van der Waals surface area contributed by atoms with Gasteiger partial charge in [0.25, 0.3) is 0 Å². The maximum Gasteiger partial charge on any atom is 0.0441 e. The second-order valence-electron chi connectivity index (χ2n) is 3.82. The molecule has 0 aliphatic carbocycles. The molecular formula is C14H14ClN. The van der Waals surface area contributed by atoms with Gasteiger partial charge in [-0.1, -0.05) is 41.9 Å². The van der Waals surface area contributed by atoms with E-state index in [1.165, 1.54) is 11.1 Å². The largest absolute Gasteiger partial charge is 0.326 e. The molecule has 2 aromatic rings. The lowest BCUT2D eigenvalue weighted by Gasteiger charge is -2.08. The monoisotopic (exact) mass is 231 g/mol. The first-order valence-electron chi connectivity index (χ1n) is 5.27. The van der Waals surface area contributed by atoms with Gasteiger partial charge in [-0.05, 0) is 41.3 Å². The summed E-state index contributed by atoms with van der Waals surface area (Å²) in [5, 5.41) is 0.802. The third-order valence-electron chi connectivity index (χ3n) is 2.74. The predicted molar refractivity (Wildman–Crippen MR) is 69.5 cm³/mol. The summed E-state index contributed by atoms with van der Waals surface area (Å²) in [5.74, 6) is 0. The van der Waals surface area contributed by atoms with Gasteiger partial charge >= 0.3 is 0 Å². The smallest absolute Gasteiger partial charge is 0.0441 e. The fraction of sp³-hybridized carbons (Fsp3) is 0.143. The topological polar surface area (TPSA) is 26.0 Å². The average molecular weight is 232 g/mol. The van der Waals surface area contributed by atoms with E-state index in [4.69, 9.17) is 17.3 Å². The van der Waals surface area contributed by atoms with Gasteiger partial charge in [-0.25, -0.2) is 0 Å². The molecule has 0 bridgehead atoms. The highest BCUT2D eigenvalue weighted by molar-refractivity contribution is 6.31. The van der Waals surface area contributed by atoms with E-state index >= 15 is 0 Å². The molecule has 0 radical (unpaired) electrons. The van der Waals surface area contributed by atoms with Crippen molar-refractivity contribution < 1.29 is 0 Å². The van der Waals surface area contributed by atoms with Crippen molar-refractivity contribution in [2.24, 2.45) is 5.73 Å². The highest BCUT2D eigenvalue weighted by Gasteiger charge is 2.04. The normalized spacial score (nSPS) is 10.4. The number of benzene rings is 2. The van der Waals surface area contributed by atoms with E-state index in [0.29, 0.717) is 6.54 Å². The van der Waals surface area contributed by atoms with E-state index < -0.39 is 0 Å². The summed E-state index contributed by atoms with van der Waals surface area (Å²) in [6.07, 6.45) is 0. The van der Waals surface area contributed by atoms with E-state index in [2.05, 4.69) is 18.2 Å². The minimum atomic E-state index is 0.563. The molecule has 0 aromatic heterocycles. The van der Waals surface area contributed by atoms with Gasteiger partial charge in [0.15, 0.2) is 0 Å². The Morgan fingerprint density at radius 1 is 1.12 bits per heavy atom. The molecule has 0 amide bonds. The first-order valence-corrected chi connectivity index (χ1v) is 5.64. The fourth-order valence-electron chi connectivity index (χ4n) is 1.79. The van der Waals surface area contributed by atoms with Gasteiger partial charge in [0.1, 0.15) is 0 Å². The molecule has 2 aromatic carbocycles. The second kappa shape index (κ2) is 4.69. The van der Waals surface area contributed by atoms with Crippen molar-refractivity contribution in [3.63, 3.8) is 0 Å². The molecule has 0 atom stereocenters. The van der Waals surface area contributed by atoms with Crippen molar-refractivity contribution in [1.29, 1.82) is 0 Å². The molecule has 0 aliphatic heterocycles.